The second kappa shape index (κ2) is 5.94. The van der Waals surface area contributed by atoms with E-state index in [-0.39, 0.29) is 12.1 Å². The molecule has 0 aliphatic carbocycles. The zero-order valence-corrected chi connectivity index (χ0v) is 11.2. The molecule has 1 heterocycles. The van der Waals surface area contributed by atoms with Gasteiger partial charge in [-0.3, -0.25) is 4.98 Å². The highest BCUT2D eigenvalue weighted by molar-refractivity contribution is 5.82. The Hall–Kier alpha value is -1.45. The van der Waals surface area contributed by atoms with Gasteiger partial charge < -0.3 is 10.1 Å². The van der Waals surface area contributed by atoms with Crippen molar-refractivity contribution in [2.75, 3.05) is 13.7 Å². The van der Waals surface area contributed by atoms with E-state index in [0.717, 1.165) is 5.52 Å². The number of para-hydroxylation sites is 1. The average molecular weight is 244 g/mol. The second-order valence-electron chi connectivity index (χ2n) is 4.64. The molecule has 18 heavy (non-hydrogen) atoms. The predicted molar refractivity (Wildman–Crippen MR) is 74.6 cm³/mol. The first-order valence-corrected chi connectivity index (χ1v) is 6.35. The van der Waals surface area contributed by atoms with Crippen LogP contribution in [0.15, 0.2) is 36.5 Å². The van der Waals surface area contributed by atoms with Gasteiger partial charge in [0.15, 0.2) is 0 Å². The van der Waals surface area contributed by atoms with E-state index in [4.69, 9.17) is 4.74 Å². The highest BCUT2D eigenvalue weighted by Crippen LogP contribution is 2.22. The van der Waals surface area contributed by atoms with Gasteiger partial charge in [-0.25, -0.2) is 0 Å². The molecule has 0 amide bonds. The number of rotatable bonds is 5. The summed E-state index contributed by atoms with van der Waals surface area (Å²) in [6.45, 7) is 4.77. The molecule has 0 spiro atoms. The van der Waals surface area contributed by atoms with E-state index in [1.54, 1.807) is 0 Å². The fourth-order valence-corrected chi connectivity index (χ4v) is 2.04. The fraction of sp³-hybridized carbons (Fsp3) is 0.400. The van der Waals surface area contributed by atoms with Gasteiger partial charge >= 0.3 is 0 Å². The molecule has 1 atom stereocenters. The van der Waals surface area contributed by atoms with Crippen molar-refractivity contribution in [2.24, 2.45) is 0 Å². The van der Waals surface area contributed by atoms with Crippen molar-refractivity contribution in [3.8, 4) is 0 Å². The van der Waals surface area contributed by atoms with Gasteiger partial charge in [-0.15, -0.1) is 0 Å². The number of hydrogen-bond acceptors (Lipinski definition) is 3. The molecular weight excluding hydrogens is 224 g/mol. The molecule has 2 aromatic rings. The summed E-state index contributed by atoms with van der Waals surface area (Å²) in [6, 6.07) is 10.5. The summed E-state index contributed by atoms with van der Waals surface area (Å²) < 4.78 is 5.72. The zero-order valence-electron chi connectivity index (χ0n) is 11.2. The molecule has 1 aromatic carbocycles. The van der Waals surface area contributed by atoms with Crippen LogP contribution in [0.1, 0.15) is 25.5 Å². The van der Waals surface area contributed by atoms with Crippen LogP contribution in [-0.2, 0) is 4.74 Å². The summed E-state index contributed by atoms with van der Waals surface area (Å²) in [5, 5.41) is 4.50. The highest BCUT2D eigenvalue weighted by Gasteiger charge is 2.13. The number of likely N-dealkylation sites (N-methyl/N-ethyl adjacent to an activating group) is 1. The van der Waals surface area contributed by atoms with E-state index >= 15 is 0 Å². The number of aromatic nitrogens is 1. The summed E-state index contributed by atoms with van der Waals surface area (Å²) in [6.07, 6.45) is 2.10. The molecule has 0 saturated carbocycles. The van der Waals surface area contributed by atoms with Crippen LogP contribution in [0.4, 0.5) is 0 Å². The average Bonchev–Trinajstić information content (AvgIpc) is 2.39. The lowest BCUT2D eigenvalue weighted by Gasteiger charge is -2.19. The van der Waals surface area contributed by atoms with Crippen LogP contribution in [0.3, 0.4) is 0 Å². The molecule has 1 unspecified atom stereocenters. The fourth-order valence-electron chi connectivity index (χ4n) is 2.04. The van der Waals surface area contributed by atoms with Crippen LogP contribution in [0, 0.1) is 0 Å². The van der Waals surface area contributed by atoms with Crippen molar-refractivity contribution >= 4 is 10.9 Å². The van der Waals surface area contributed by atoms with E-state index < -0.39 is 0 Å². The Labute approximate surface area is 108 Å². The maximum Gasteiger partial charge on any atom is 0.0705 e. The minimum atomic E-state index is 0.195. The third-order valence-electron chi connectivity index (χ3n) is 3.00. The van der Waals surface area contributed by atoms with Crippen LogP contribution in [0.5, 0.6) is 0 Å². The summed E-state index contributed by atoms with van der Waals surface area (Å²) in [4.78, 5) is 4.39. The van der Waals surface area contributed by atoms with Gasteiger partial charge in [-0.05, 0) is 38.6 Å². The molecule has 2 rings (SSSR count). The lowest BCUT2D eigenvalue weighted by Crippen LogP contribution is -2.23. The largest absolute Gasteiger partial charge is 0.377 e. The van der Waals surface area contributed by atoms with Gasteiger partial charge in [0.25, 0.3) is 0 Å². The van der Waals surface area contributed by atoms with Crippen molar-refractivity contribution in [1.29, 1.82) is 0 Å². The Morgan fingerprint density at radius 1 is 1.22 bits per heavy atom. The maximum absolute atomic E-state index is 5.72. The molecule has 3 nitrogen and oxygen atoms in total. The quantitative estimate of drug-likeness (QED) is 0.878. The molecule has 0 saturated heterocycles. The van der Waals surface area contributed by atoms with Crippen molar-refractivity contribution in [2.45, 2.75) is 26.0 Å². The molecule has 0 fully saturated rings. The zero-order chi connectivity index (χ0) is 13.0. The first-order valence-electron chi connectivity index (χ1n) is 6.35. The molecule has 0 aliphatic heterocycles. The Bertz CT molecular complexity index is 505. The van der Waals surface area contributed by atoms with Gasteiger partial charge in [-0.1, -0.05) is 18.2 Å². The normalized spacial score (nSPS) is 13.1. The van der Waals surface area contributed by atoms with Gasteiger partial charge in [0.2, 0.25) is 0 Å². The molecule has 0 radical (unpaired) electrons. The molecule has 96 valence electrons. The van der Waals surface area contributed by atoms with Gasteiger partial charge in [-0.2, -0.15) is 0 Å². The SMILES string of the molecule is CNC(COC(C)C)c1ccnc2ccccc12. The van der Waals surface area contributed by atoms with E-state index in [9.17, 15) is 0 Å². The summed E-state index contributed by atoms with van der Waals surface area (Å²) in [5.41, 5.74) is 2.27. The number of fused-ring (bicyclic) bond motifs is 1. The molecule has 0 bridgehead atoms. The number of pyridine rings is 1. The van der Waals surface area contributed by atoms with Crippen molar-refractivity contribution in [3.05, 3.63) is 42.1 Å². The summed E-state index contributed by atoms with van der Waals surface area (Å²) in [7, 11) is 1.96. The van der Waals surface area contributed by atoms with Crippen LogP contribution < -0.4 is 5.32 Å². The third kappa shape index (κ3) is 2.86. The van der Waals surface area contributed by atoms with E-state index in [2.05, 4.69) is 36.3 Å². The van der Waals surface area contributed by atoms with Gasteiger partial charge in [0.1, 0.15) is 0 Å². The topological polar surface area (TPSA) is 34.1 Å². The highest BCUT2D eigenvalue weighted by atomic mass is 16.5. The van der Waals surface area contributed by atoms with E-state index in [1.165, 1.54) is 10.9 Å². The van der Waals surface area contributed by atoms with Crippen molar-refractivity contribution in [3.63, 3.8) is 0 Å². The molecular formula is C15H20N2O. The first-order chi connectivity index (χ1) is 8.72. The molecule has 3 heteroatoms. The van der Waals surface area contributed by atoms with Crippen LogP contribution in [-0.4, -0.2) is 24.7 Å². The Morgan fingerprint density at radius 2 is 2.00 bits per heavy atom. The lowest BCUT2D eigenvalue weighted by atomic mass is 10.0. The van der Waals surface area contributed by atoms with E-state index in [1.807, 2.05) is 31.4 Å². The van der Waals surface area contributed by atoms with Crippen LogP contribution in [0.25, 0.3) is 10.9 Å². The number of nitrogens with one attached hydrogen (secondary N) is 1. The Morgan fingerprint density at radius 3 is 2.72 bits per heavy atom. The third-order valence-corrected chi connectivity index (χ3v) is 3.00. The maximum atomic E-state index is 5.72. The second-order valence-corrected chi connectivity index (χ2v) is 4.64. The van der Waals surface area contributed by atoms with Gasteiger partial charge in [0.05, 0.1) is 24.3 Å². The Balaban J connectivity index is 2.32. The Kier molecular flexibility index (Phi) is 4.28. The first kappa shape index (κ1) is 13.0. The van der Waals surface area contributed by atoms with Crippen molar-refractivity contribution in [1.82, 2.24) is 10.3 Å². The smallest absolute Gasteiger partial charge is 0.0705 e. The number of hydrogen-bond donors (Lipinski definition) is 1. The number of benzene rings is 1. The molecule has 1 aromatic heterocycles. The standard InChI is InChI=1S/C15H20N2O/c1-11(2)18-10-15(16-3)13-8-9-17-14-7-5-4-6-12(13)14/h4-9,11,15-16H,10H2,1-3H3. The lowest BCUT2D eigenvalue weighted by molar-refractivity contribution is 0.0628. The summed E-state index contributed by atoms with van der Waals surface area (Å²) >= 11 is 0. The minimum Gasteiger partial charge on any atom is -0.377 e. The predicted octanol–water partition coefficient (Wildman–Crippen LogP) is 2.92. The molecule has 1 N–H and O–H groups in total. The van der Waals surface area contributed by atoms with E-state index in [0.29, 0.717) is 6.61 Å². The monoisotopic (exact) mass is 244 g/mol. The van der Waals surface area contributed by atoms with Gasteiger partial charge in [0, 0.05) is 11.6 Å². The number of nitrogens with zero attached hydrogens (tertiary/aromatic N) is 1. The van der Waals surface area contributed by atoms with Crippen molar-refractivity contribution < 1.29 is 4.74 Å². The number of ether oxygens (including phenoxy) is 1. The summed E-state index contributed by atoms with van der Waals surface area (Å²) in [5.74, 6) is 0. The van der Waals surface area contributed by atoms with Crippen LogP contribution in [0.2, 0.25) is 0 Å². The van der Waals surface area contributed by atoms with Crippen LogP contribution >= 0.6 is 0 Å². The molecule has 0 aliphatic rings. The minimum absolute atomic E-state index is 0.195.